The molecule has 2 N–H and O–H groups in total. The Labute approximate surface area is 342 Å². The van der Waals surface area contributed by atoms with Crippen LogP contribution in [0.3, 0.4) is 0 Å². The van der Waals surface area contributed by atoms with Crippen molar-refractivity contribution in [3.63, 3.8) is 0 Å². The normalized spacial score (nSPS) is 12.5. The summed E-state index contributed by atoms with van der Waals surface area (Å²) in [5, 5.41) is 23.2. The third-order valence-electron chi connectivity index (χ3n) is 11.5. The van der Waals surface area contributed by atoms with Crippen LogP contribution in [0, 0.1) is 0 Å². The van der Waals surface area contributed by atoms with Gasteiger partial charge in [0.15, 0.2) is 0 Å². The molecule has 0 aliphatic heterocycles. The topological polar surface area (TPSA) is 93.1 Å². The summed E-state index contributed by atoms with van der Waals surface area (Å²) in [6, 6.07) is 59.6. The number of carboxylic acid groups (broad SMARTS) is 2. The molecular formula is C53H42O6. The summed E-state index contributed by atoms with van der Waals surface area (Å²) in [7, 11) is 0. The smallest absolute Gasteiger partial charge is 0.303 e. The molecule has 0 saturated heterocycles. The standard InChI is InChI=1S/C53H42O6/c54-51(55)19-9-29-58-49-27-25-41(33-45(49)39-23-21-35-11-1-3-13-37(35)31-39)53(47-17-7-5-15-43(47)44-16-6-8-18-48(44)53)42-26-28-50(59-30-10-20-52(56)57)46(34-42)40-24-22-36-12-2-4-14-38(36)32-40/h1-8,11-18,21-28,31-34H,9-10,19-20,29-30H2,(H,54,55)(H,56,57). The van der Waals surface area contributed by atoms with E-state index in [9.17, 15) is 19.8 Å². The van der Waals surface area contributed by atoms with Gasteiger partial charge in [-0.15, -0.1) is 0 Å². The first-order valence-electron chi connectivity index (χ1n) is 20.1. The SMILES string of the molecule is O=C(O)CCCOc1ccc(C2(c3ccc(OCCCC(=O)O)c(-c4ccc5ccccc5c4)c3)c3ccccc3-c3ccccc32)cc1-c1ccc2ccccc2c1. The molecule has 8 aromatic carbocycles. The minimum absolute atomic E-state index is 0.0267. The first kappa shape index (κ1) is 37.4. The third kappa shape index (κ3) is 7.08. The maximum Gasteiger partial charge on any atom is 0.303 e. The van der Waals surface area contributed by atoms with E-state index in [2.05, 4.69) is 133 Å². The average Bonchev–Trinajstić information content (AvgIpc) is 3.57. The van der Waals surface area contributed by atoms with E-state index >= 15 is 0 Å². The van der Waals surface area contributed by atoms with Gasteiger partial charge >= 0.3 is 11.9 Å². The molecule has 1 aliphatic carbocycles. The van der Waals surface area contributed by atoms with E-state index < -0.39 is 17.4 Å². The van der Waals surface area contributed by atoms with E-state index in [1.807, 2.05) is 36.4 Å². The van der Waals surface area contributed by atoms with Crippen LogP contribution < -0.4 is 9.47 Å². The van der Waals surface area contributed by atoms with Crippen molar-refractivity contribution in [2.24, 2.45) is 0 Å². The number of benzene rings is 8. The Kier molecular flexibility index (Phi) is 10.1. The van der Waals surface area contributed by atoms with Crippen molar-refractivity contribution in [2.45, 2.75) is 31.1 Å². The monoisotopic (exact) mass is 774 g/mol. The van der Waals surface area contributed by atoms with Crippen molar-refractivity contribution in [3.8, 4) is 44.9 Å². The van der Waals surface area contributed by atoms with Crippen molar-refractivity contribution in [2.75, 3.05) is 13.2 Å². The fraction of sp³-hybridized carbons (Fsp3) is 0.132. The van der Waals surface area contributed by atoms with Crippen LogP contribution in [-0.2, 0) is 15.0 Å². The average molecular weight is 775 g/mol. The highest BCUT2D eigenvalue weighted by Gasteiger charge is 2.46. The van der Waals surface area contributed by atoms with Crippen LogP contribution in [0.2, 0.25) is 0 Å². The van der Waals surface area contributed by atoms with Crippen molar-refractivity contribution in [1.82, 2.24) is 0 Å². The Hall–Kier alpha value is -7.18. The highest BCUT2D eigenvalue weighted by Crippen LogP contribution is 2.57. The van der Waals surface area contributed by atoms with E-state index in [4.69, 9.17) is 9.47 Å². The number of hydrogen-bond acceptors (Lipinski definition) is 4. The van der Waals surface area contributed by atoms with Crippen LogP contribution in [0.15, 0.2) is 170 Å². The Bertz CT molecular complexity index is 2680. The van der Waals surface area contributed by atoms with Crippen LogP contribution in [-0.4, -0.2) is 35.4 Å². The molecule has 0 atom stereocenters. The minimum atomic E-state index is -0.848. The van der Waals surface area contributed by atoms with Gasteiger partial charge in [-0.05, 0) is 115 Å². The molecule has 0 radical (unpaired) electrons. The second kappa shape index (κ2) is 16.0. The molecule has 6 heteroatoms. The van der Waals surface area contributed by atoms with Crippen LogP contribution in [0.25, 0.3) is 54.9 Å². The van der Waals surface area contributed by atoms with Crippen LogP contribution in [0.1, 0.15) is 47.9 Å². The summed E-state index contributed by atoms with van der Waals surface area (Å²) in [6.07, 6.45) is 0.834. The highest BCUT2D eigenvalue weighted by atomic mass is 16.5. The van der Waals surface area contributed by atoms with Crippen molar-refractivity contribution >= 4 is 33.5 Å². The lowest BCUT2D eigenvalue weighted by molar-refractivity contribution is -0.138. The number of hydrogen-bond donors (Lipinski definition) is 2. The first-order chi connectivity index (χ1) is 28.9. The lowest BCUT2D eigenvalue weighted by atomic mass is 9.67. The number of carboxylic acids is 2. The van der Waals surface area contributed by atoms with E-state index in [-0.39, 0.29) is 26.1 Å². The molecule has 0 heterocycles. The lowest BCUT2D eigenvalue weighted by Crippen LogP contribution is -2.29. The Morgan fingerprint density at radius 3 is 1.27 bits per heavy atom. The van der Waals surface area contributed by atoms with Gasteiger partial charge in [-0.2, -0.15) is 0 Å². The molecule has 0 saturated carbocycles. The van der Waals surface area contributed by atoms with Crippen molar-refractivity contribution in [3.05, 3.63) is 192 Å². The summed E-state index contributed by atoms with van der Waals surface area (Å²) >= 11 is 0. The summed E-state index contributed by atoms with van der Waals surface area (Å²) in [4.78, 5) is 22.8. The molecule has 0 amide bonds. The van der Waals surface area contributed by atoms with E-state index in [0.29, 0.717) is 24.3 Å². The first-order valence-corrected chi connectivity index (χ1v) is 20.1. The van der Waals surface area contributed by atoms with Crippen LogP contribution >= 0.6 is 0 Å². The number of ether oxygens (including phenoxy) is 2. The number of rotatable bonds is 14. The molecular weight excluding hydrogens is 733 g/mol. The molecule has 59 heavy (non-hydrogen) atoms. The summed E-state index contributed by atoms with van der Waals surface area (Å²) < 4.78 is 12.8. The molecule has 0 spiro atoms. The van der Waals surface area contributed by atoms with E-state index in [0.717, 1.165) is 77.2 Å². The Morgan fingerprint density at radius 1 is 0.424 bits per heavy atom. The second-order valence-electron chi connectivity index (χ2n) is 15.1. The van der Waals surface area contributed by atoms with Gasteiger partial charge in [0.25, 0.3) is 0 Å². The summed E-state index contributed by atoms with van der Waals surface area (Å²) in [5.74, 6) is -0.324. The van der Waals surface area contributed by atoms with Crippen LogP contribution in [0.4, 0.5) is 0 Å². The molecule has 1 aliphatic rings. The van der Waals surface area contributed by atoms with Gasteiger partial charge < -0.3 is 19.7 Å². The number of aliphatic carboxylic acids is 2. The summed E-state index contributed by atoms with van der Waals surface area (Å²) in [5.41, 5.74) is 9.78. The van der Waals surface area contributed by atoms with Crippen LogP contribution in [0.5, 0.6) is 11.5 Å². The quantitative estimate of drug-likeness (QED) is 0.107. The van der Waals surface area contributed by atoms with Gasteiger partial charge in [0.05, 0.1) is 18.6 Å². The Morgan fingerprint density at radius 2 is 0.831 bits per heavy atom. The molecule has 0 aromatic heterocycles. The van der Waals surface area contributed by atoms with E-state index in [1.54, 1.807) is 0 Å². The highest BCUT2D eigenvalue weighted by molar-refractivity contribution is 5.92. The molecule has 6 nitrogen and oxygen atoms in total. The van der Waals surface area contributed by atoms with Gasteiger partial charge in [0.1, 0.15) is 11.5 Å². The number of carbonyl (C=O) groups is 2. The largest absolute Gasteiger partial charge is 0.493 e. The van der Waals surface area contributed by atoms with Crippen molar-refractivity contribution in [1.29, 1.82) is 0 Å². The minimum Gasteiger partial charge on any atom is -0.493 e. The maximum atomic E-state index is 11.4. The van der Waals surface area contributed by atoms with Gasteiger partial charge in [-0.25, -0.2) is 0 Å². The molecule has 0 fully saturated rings. The Balaban J connectivity index is 1.28. The van der Waals surface area contributed by atoms with Gasteiger partial charge in [-0.1, -0.05) is 133 Å². The van der Waals surface area contributed by atoms with Gasteiger partial charge in [0, 0.05) is 24.0 Å². The number of fused-ring (bicyclic) bond motifs is 5. The molecule has 290 valence electrons. The molecule has 9 rings (SSSR count). The molecule has 0 unspecified atom stereocenters. The van der Waals surface area contributed by atoms with E-state index in [1.165, 1.54) is 0 Å². The predicted octanol–water partition coefficient (Wildman–Crippen LogP) is 12.2. The molecule has 8 aromatic rings. The van der Waals surface area contributed by atoms with Gasteiger partial charge in [0.2, 0.25) is 0 Å². The third-order valence-corrected chi connectivity index (χ3v) is 11.5. The summed E-state index contributed by atoms with van der Waals surface area (Å²) in [6.45, 7) is 0.540. The van der Waals surface area contributed by atoms with Crippen molar-refractivity contribution < 1.29 is 29.3 Å². The zero-order chi connectivity index (χ0) is 40.3. The second-order valence-corrected chi connectivity index (χ2v) is 15.1. The zero-order valence-corrected chi connectivity index (χ0v) is 32.4. The lowest BCUT2D eigenvalue weighted by Gasteiger charge is -2.35. The molecule has 0 bridgehead atoms. The maximum absolute atomic E-state index is 11.4. The predicted molar refractivity (Wildman–Crippen MR) is 234 cm³/mol. The fourth-order valence-corrected chi connectivity index (χ4v) is 8.78. The van der Waals surface area contributed by atoms with Gasteiger partial charge in [-0.3, -0.25) is 9.59 Å². The fourth-order valence-electron chi connectivity index (χ4n) is 8.78. The zero-order valence-electron chi connectivity index (χ0n) is 32.4.